The van der Waals surface area contributed by atoms with Crippen molar-refractivity contribution in [2.45, 2.75) is 33.7 Å². The van der Waals surface area contributed by atoms with Gasteiger partial charge in [-0.3, -0.25) is 0 Å². The summed E-state index contributed by atoms with van der Waals surface area (Å²) in [5, 5.41) is 8.48. The lowest BCUT2D eigenvalue weighted by Gasteiger charge is -2.38. The molecule has 3 aromatic rings. The molecule has 7 heteroatoms. The molecule has 0 saturated heterocycles. The predicted octanol–water partition coefficient (Wildman–Crippen LogP) is 5.37. The van der Waals surface area contributed by atoms with Gasteiger partial charge in [-0.25, -0.2) is 0 Å². The molecule has 2 heterocycles. The van der Waals surface area contributed by atoms with Crippen LogP contribution in [0.25, 0.3) is 17.0 Å². The van der Waals surface area contributed by atoms with Gasteiger partial charge in [0.2, 0.25) is 5.82 Å². The Labute approximate surface area is 194 Å². The third-order valence-corrected chi connectivity index (χ3v) is 5.88. The van der Waals surface area contributed by atoms with Crippen LogP contribution in [0.15, 0.2) is 58.8 Å². The molecule has 1 N–H and O–H groups in total. The minimum atomic E-state index is -0.176. The summed E-state index contributed by atoms with van der Waals surface area (Å²) in [6.45, 7) is 9.30. The fourth-order valence-corrected chi connectivity index (χ4v) is 4.19. The smallest absolute Gasteiger partial charge is 0.258 e. The highest BCUT2D eigenvalue weighted by Crippen LogP contribution is 2.37. The lowest BCUT2D eigenvalue weighted by molar-refractivity contribution is 0.386. The number of nitrogens with zero attached hydrogens (tertiary/aromatic N) is 3. The summed E-state index contributed by atoms with van der Waals surface area (Å²) in [5.41, 5.74) is 5.09. The van der Waals surface area contributed by atoms with E-state index in [4.69, 9.17) is 26.5 Å². The summed E-state index contributed by atoms with van der Waals surface area (Å²) in [6, 6.07) is 15.9. The molecular formula is C25H28N4O2S. The molecule has 1 aliphatic rings. The Bertz CT molecular complexity index is 1150. The number of benzene rings is 2. The number of aryl methyl sites for hydroxylation is 1. The van der Waals surface area contributed by atoms with Gasteiger partial charge in [0.25, 0.3) is 5.89 Å². The number of rotatable bonds is 6. The van der Waals surface area contributed by atoms with Crippen molar-refractivity contribution in [2.75, 3.05) is 13.7 Å². The lowest BCUT2D eigenvalue weighted by Crippen LogP contribution is -2.47. The Morgan fingerprint density at radius 1 is 1.16 bits per heavy atom. The lowest BCUT2D eigenvalue weighted by atomic mass is 9.94. The normalized spacial score (nSPS) is 16.5. The Hall–Kier alpha value is -3.19. The van der Waals surface area contributed by atoms with Gasteiger partial charge in [0.15, 0.2) is 5.11 Å². The third kappa shape index (κ3) is 4.39. The predicted molar refractivity (Wildman–Crippen MR) is 130 cm³/mol. The van der Waals surface area contributed by atoms with Gasteiger partial charge in [0, 0.05) is 17.8 Å². The van der Waals surface area contributed by atoms with Gasteiger partial charge in [-0.2, -0.15) is 4.98 Å². The maximum Gasteiger partial charge on any atom is 0.258 e. The second-order valence-corrected chi connectivity index (χ2v) is 8.84. The summed E-state index contributed by atoms with van der Waals surface area (Å²) in [6.07, 6.45) is 0. The molecule has 6 nitrogen and oxygen atoms in total. The highest BCUT2D eigenvalue weighted by Gasteiger charge is 2.34. The van der Waals surface area contributed by atoms with Gasteiger partial charge < -0.3 is 19.5 Å². The summed E-state index contributed by atoms with van der Waals surface area (Å²) in [7, 11) is 1.64. The van der Waals surface area contributed by atoms with Gasteiger partial charge in [-0.15, -0.1) is 0 Å². The maximum absolute atomic E-state index is 5.80. The molecule has 1 aromatic heterocycles. The van der Waals surface area contributed by atoms with Crippen molar-refractivity contribution in [3.8, 4) is 17.1 Å². The monoisotopic (exact) mass is 448 g/mol. The molecule has 2 aromatic carbocycles. The van der Waals surface area contributed by atoms with Gasteiger partial charge in [-0.05, 0) is 49.7 Å². The van der Waals surface area contributed by atoms with Crippen molar-refractivity contribution in [3.05, 3.63) is 71.2 Å². The SMILES string of the molecule is COc1cccc(-c2noc(C3=C(C)N(CC(C)C)C(=S)NC3c3ccc(C)cc3)n2)c1. The van der Waals surface area contributed by atoms with E-state index in [1.807, 2.05) is 24.3 Å². The highest BCUT2D eigenvalue weighted by atomic mass is 32.1. The number of allylic oxidation sites excluding steroid dienone is 1. The number of aromatic nitrogens is 2. The van der Waals surface area contributed by atoms with E-state index in [9.17, 15) is 0 Å². The minimum absolute atomic E-state index is 0.176. The van der Waals surface area contributed by atoms with E-state index in [1.165, 1.54) is 5.56 Å². The van der Waals surface area contributed by atoms with E-state index in [-0.39, 0.29) is 6.04 Å². The summed E-state index contributed by atoms with van der Waals surface area (Å²) < 4.78 is 11.1. The molecule has 0 bridgehead atoms. The molecular weight excluding hydrogens is 420 g/mol. The number of methoxy groups -OCH3 is 1. The first-order valence-electron chi connectivity index (χ1n) is 10.7. The summed E-state index contributed by atoms with van der Waals surface area (Å²) >= 11 is 5.74. The summed E-state index contributed by atoms with van der Waals surface area (Å²) in [4.78, 5) is 6.88. The standard InChI is InChI=1S/C25H28N4O2S/c1-15(2)14-29-17(4)21(22(26-25(29)32)18-11-9-16(3)10-12-18)24-27-23(28-31-24)19-7-6-8-20(13-19)30-5/h6-13,15,22H,14H2,1-5H3,(H,26,32). The van der Waals surface area contributed by atoms with Crippen molar-refractivity contribution in [3.63, 3.8) is 0 Å². The zero-order valence-electron chi connectivity index (χ0n) is 19.0. The molecule has 0 radical (unpaired) electrons. The van der Waals surface area contributed by atoms with Crippen LogP contribution in [0.5, 0.6) is 5.75 Å². The number of hydrogen-bond acceptors (Lipinski definition) is 5. The van der Waals surface area contributed by atoms with Crippen LogP contribution >= 0.6 is 12.2 Å². The average Bonchev–Trinajstić information content (AvgIpc) is 3.26. The third-order valence-electron chi connectivity index (χ3n) is 5.54. The molecule has 0 aliphatic carbocycles. The molecule has 32 heavy (non-hydrogen) atoms. The van der Waals surface area contributed by atoms with E-state index < -0.39 is 0 Å². The fraction of sp³-hybridized carbons (Fsp3) is 0.320. The second kappa shape index (κ2) is 9.12. The van der Waals surface area contributed by atoms with Crippen molar-refractivity contribution in [2.24, 2.45) is 5.92 Å². The molecule has 0 amide bonds. The second-order valence-electron chi connectivity index (χ2n) is 8.45. The van der Waals surface area contributed by atoms with E-state index in [0.29, 0.717) is 22.7 Å². The molecule has 0 spiro atoms. The van der Waals surface area contributed by atoms with E-state index in [1.54, 1.807) is 7.11 Å². The van der Waals surface area contributed by atoms with E-state index in [0.717, 1.165) is 34.7 Å². The van der Waals surface area contributed by atoms with Crippen molar-refractivity contribution in [1.82, 2.24) is 20.4 Å². The molecule has 1 unspecified atom stereocenters. The average molecular weight is 449 g/mol. The van der Waals surface area contributed by atoms with Crippen LogP contribution < -0.4 is 10.1 Å². The molecule has 4 rings (SSSR count). The maximum atomic E-state index is 5.80. The minimum Gasteiger partial charge on any atom is -0.497 e. The largest absolute Gasteiger partial charge is 0.497 e. The number of hydrogen-bond donors (Lipinski definition) is 1. The van der Waals surface area contributed by atoms with Crippen LogP contribution in [0, 0.1) is 12.8 Å². The quantitative estimate of drug-likeness (QED) is 0.509. The van der Waals surface area contributed by atoms with Crippen LogP contribution in [0.3, 0.4) is 0 Å². The van der Waals surface area contributed by atoms with Crippen molar-refractivity contribution in [1.29, 1.82) is 0 Å². The van der Waals surface area contributed by atoms with Gasteiger partial charge in [0.05, 0.1) is 18.7 Å². The number of nitrogens with one attached hydrogen (secondary N) is 1. The molecule has 0 saturated carbocycles. The Balaban J connectivity index is 1.80. The fourth-order valence-electron chi connectivity index (χ4n) is 3.86. The first-order chi connectivity index (χ1) is 15.4. The first-order valence-corrected chi connectivity index (χ1v) is 11.1. The topological polar surface area (TPSA) is 63.4 Å². The Morgan fingerprint density at radius 2 is 1.91 bits per heavy atom. The Kier molecular flexibility index (Phi) is 6.28. The van der Waals surface area contributed by atoms with Crippen LogP contribution in [0.1, 0.15) is 43.8 Å². The van der Waals surface area contributed by atoms with Crippen LogP contribution in [-0.4, -0.2) is 33.8 Å². The van der Waals surface area contributed by atoms with E-state index in [2.05, 4.69) is 67.3 Å². The zero-order chi connectivity index (χ0) is 22.8. The molecule has 0 fully saturated rings. The van der Waals surface area contributed by atoms with Crippen LogP contribution in [0.4, 0.5) is 0 Å². The van der Waals surface area contributed by atoms with Gasteiger partial charge in [0.1, 0.15) is 5.75 Å². The van der Waals surface area contributed by atoms with Gasteiger partial charge in [-0.1, -0.05) is 61.0 Å². The van der Waals surface area contributed by atoms with E-state index >= 15 is 0 Å². The van der Waals surface area contributed by atoms with Crippen LogP contribution in [-0.2, 0) is 0 Å². The van der Waals surface area contributed by atoms with Crippen LogP contribution in [0.2, 0.25) is 0 Å². The highest BCUT2D eigenvalue weighted by molar-refractivity contribution is 7.80. The number of thiocarbonyl (C=S) groups is 1. The summed E-state index contributed by atoms with van der Waals surface area (Å²) in [5.74, 6) is 2.19. The van der Waals surface area contributed by atoms with Crippen molar-refractivity contribution >= 4 is 22.9 Å². The molecule has 1 atom stereocenters. The Morgan fingerprint density at radius 3 is 2.59 bits per heavy atom. The number of ether oxygens (including phenoxy) is 1. The molecule has 1 aliphatic heterocycles. The molecule has 166 valence electrons. The van der Waals surface area contributed by atoms with Crippen molar-refractivity contribution < 1.29 is 9.26 Å². The first kappa shape index (κ1) is 22.0. The van der Waals surface area contributed by atoms with Gasteiger partial charge >= 0.3 is 0 Å². The zero-order valence-corrected chi connectivity index (χ0v) is 19.9.